The van der Waals surface area contributed by atoms with E-state index >= 15 is 0 Å². The highest BCUT2D eigenvalue weighted by atomic mass is 35.5. The van der Waals surface area contributed by atoms with E-state index in [0.29, 0.717) is 0 Å². The van der Waals surface area contributed by atoms with E-state index in [2.05, 4.69) is 209 Å². The first kappa shape index (κ1) is 34.7. The van der Waals surface area contributed by atoms with Crippen molar-refractivity contribution in [1.29, 1.82) is 0 Å². The van der Waals surface area contributed by atoms with Crippen molar-refractivity contribution in [2.24, 2.45) is 0 Å². The molecule has 0 aliphatic heterocycles. The highest BCUT2D eigenvalue weighted by Crippen LogP contribution is 2.38. The summed E-state index contributed by atoms with van der Waals surface area (Å²) >= 11 is 6.58. The van der Waals surface area contributed by atoms with Gasteiger partial charge in [0.05, 0.1) is 27.9 Å². The summed E-state index contributed by atoms with van der Waals surface area (Å²) in [6.07, 6.45) is 12.0. The maximum absolute atomic E-state index is 6.58. The number of aromatic nitrogens is 4. The molecular weight excluding hydrogens is 716 g/mol. The van der Waals surface area contributed by atoms with Crippen molar-refractivity contribution < 1.29 is 0 Å². The van der Waals surface area contributed by atoms with Gasteiger partial charge in [0, 0.05) is 50.3 Å². The number of benzene rings is 6. The number of rotatable bonds is 7. The summed E-state index contributed by atoms with van der Waals surface area (Å²) in [5.74, 6) is 0.254. The number of hydrogen-bond donors (Lipinski definition) is 0. The lowest BCUT2D eigenvalue weighted by Gasteiger charge is -2.22. The minimum atomic E-state index is 0.227. The Morgan fingerprint density at radius 2 is 1.18 bits per heavy atom. The van der Waals surface area contributed by atoms with Crippen LogP contribution >= 0.6 is 11.6 Å². The van der Waals surface area contributed by atoms with Crippen molar-refractivity contribution in [3.8, 4) is 39.3 Å². The minimum Gasteiger partial charge on any atom is -0.313 e. The van der Waals surface area contributed by atoms with Crippen molar-refractivity contribution in [2.75, 3.05) is 0 Å². The van der Waals surface area contributed by atoms with Gasteiger partial charge < -0.3 is 9.13 Å². The van der Waals surface area contributed by atoms with E-state index < -0.39 is 0 Å². The molecule has 274 valence electrons. The zero-order chi connectivity index (χ0) is 38.5. The molecule has 5 heteroatoms. The summed E-state index contributed by atoms with van der Waals surface area (Å²) in [4.78, 5) is 9.28. The highest BCUT2D eigenvalue weighted by Gasteiger charge is 2.21. The molecule has 3 heterocycles. The Balaban J connectivity index is 0.902. The molecule has 0 saturated carbocycles. The minimum absolute atomic E-state index is 0.227. The van der Waals surface area contributed by atoms with Crippen molar-refractivity contribution in [2.45, 2.75) is 26.2 Å². The summed E-state index contributed by atoms with van der Waals surface area (Å²) in [6.45, 7) is 4.30. The van der Waals surface area contributed by atoms with Gasteiger partial charge in [-0.2, -0.15) is 0 Å². The largest absolute Gasteiger partial charge is 0.313 e. The van der Waals surface area contributed by atoms with E-state index in [1.54, 1.807) is 0 Å². The number of para-hydroxylation sites is 3. The SMILES string of the molecule is C/C=C\c1c(C)c2ccccc2n1C1=CC=CC(c2ccc(-c3cc(-c4ccc(-c5cccc(-n6c7ccccc7c7ccccc76)c5)cc4)nc(Cl)n3)cc2)C1. The van der Waals surface area contributed by atoms with Gasteiger partial charge in [-0.15, -0.1) is 0 Å². The van der Waals surface area contributed by atoms with E-state index in [-0.39, 0.29) is 11.2 Å². The number of halogens is 1. The molecule has 0 spiro atoms. The lowest BCUT2D eigenvalue weighted by Crippen LogP contribution is -2.07. The average molecular weight is 755 g/mol. The molecule has 3 aromatic heterocycles. The fourth-order valence-corrected chi connectivity index (χ4v) is 8.80. The molecule has 1 aliphatic rings. The lowest BCUT2D eigenvalue weighted by atomic mass is 9.90. The van der Waals surface area contributed by atoms with Crippen molar-refractivity contribution >= 4 is 56.1 Å². The first-order chi connectivity index (χ1) is 28.0. The van der Waals surface area contributed by atoms with Crippen molar-refractivity contribution in [1.82, 2.24) is 19.1 Å². The van der Waals surface area contributed by atoms with Crippen LogP contribution < -0.4 is 0 Å². The van der Waals surface area contributed by atoms with Gasteiger partial charge in [0.25, 0.3) is 0 Å². The second kappa shape index (κ2) is 14.4. The van der Waals surface area contributed by atoms with Gasteiger partial charge in [-0.25, -0.2) is 9.97 Å². The maximum Gasteiger partial charge on any atom is 0.223 e. The van der Waals surface area contributed by atoms with Crippen LogP contribution in [0.2, 0.25) is 5.28 Å². The second-order valence-corrected chi connectivity index (χ2v) is 15.1. The Morgan fingerprint density at radius 3 is 1.82 bits per heavy atom. The van der Waals surface area contributed by atoms with Gasteiger partial charge in [0.2, 0.25) is 5.28 Å². The molecule has 6 aromatic carbocycles. The van der Waals surface area contributed by atoms with Crippen LogP contribution in [0.5, 0.6) is 0 Å². The Kier molecular flexibility index (Phi) is 8.77. The smallest absolute Gasteiger partial charge is 0.223 e. The first-order valence-corrected chi connectivity index (χ1v) is 19.9. The highest BCUT2D eigenvalue weighted by molar-refractivity contribution is 6.28. The fraction of sp³-hybridized carbons (Fsp3) is 0.0769. The number of nitrogens with zero attached hydrogens (tertiary/aromatic N) is 4. The van der Waals surface area contributed by atoms with E-state index in [1.165, 1.54) is 55.2 Å². The van der Waals surface area contributed by atoms with Crippen LogP contribution in [0.4, 0.5) is 0 Å². The number of allylic oxidation sites excluding steroid dienone is 5. The van der Waals surface area contributed by atoms with Crippen molar-refractivity contribution in [3.05, 3.63) is 198 Å². The second-order valence-electron chi connectivity index (χ2n) is 14.7. The third-order valence-corrected chi connectivity index (χ3v) is 11.5. The molecule has 9 aromatic rings. The van der Waals surface area contributed by atoms with Crippen LogP contribution in [-0.4, -0.2) is 19.1 Å². The average Bonchev–Trinajstić information content (AvgIpc) is 3.75. The van der Waals surface area contributed by atoms with E-state index in [0.717, 1.165) is 45.7 Å². The monoisotopic (exact) mass is 754 g/mol. The van der Waals surface area contributed by atoms with Gasteiger partial charge >= 0.3 is 0 Å². The Hall–Kier alpha value is -6.75. The Bertz CT molecular complexity index is 3010. The quantitative estimate of drug-likeness (QED) is 0.152. The van der Waals surface area contributed by atoms with Gasteiger partial charge in [-0.1, -0.05) is 133 Å². The normalized spacial score (nSPS) is 14.3. The Morgan fingerprint density at radius 1 is 0.596 bits per heavy atom. The standard InChI is InChI=1S/C52H39ClN4/c1-3-12-48-34(2)43-17-4-7-20-49(43)56(48)41-15-10-13-39(31-41)35-23-27-37(28-24-35)46-33-47(55-52(53)54-46)38-29-25-36(26-30-38)40-14-11-16-42(32-40)57-50-21-8-5-18-44(50)45-19-6-9-22-51(45)57/h3-30,32-33,39H,31H2,1-2H3/b12-3-. The molecule has 0 bridgehead atoms. The molecule has 10 rings (SSSR count). The summed E-state index contributed by atoms with van der Waals surface area (Å²) in [5.41, 5.74) is 15.7. The van der Waals surface area contributed by atoms with Crippen LogP contribution in [0.15, 0.2) is 176 Å². The topological polar surface area (TPSA) is 35.6 Å². The molecule has 1 unspecified atom stereocenters. The van der Waals surface area contributed by atoms with Crippen molar-refractivity contribution in [3.63, 3.8) is 0 Å². The molecule has 1 atom stereocenters. The van der Waals surface area contributed by atoms with Gasteiger partial charge in [0.1, 0.15) is 0 Å². The molecule has 4 nitrogen and oxygen atoms in total. The maximum atomic E-state index is 6.58. The van der Waals surface area contributed by atoms with Gasteiger partial charge in [-0.05, 0) is 103 Å². The molecule has 0 amide bonds. The molecule has 0 radical (unpaired) electrons. The summed E-state index contributed by atoms with van der Waals surface area (Å²) in [6, 6.07) is 54.0. The number of hydrogen-bond acceptors (Lipinski definition) is 2. The first-order valence-electron chi connectivity index (χ1n) is 19.5. The molecular formula is C52H39ClN4. The van der Waals surface area contributed by atoms with Crippen LogP contribution in [0.1, 0.15) is 36.1 Å². The molecule has 0 N–H and O–H groups in total. The molecule has 0 fully saturated rings. The van der Waals surface area contributed by atoms with Crippen LogP contribution in [0, 0.1) is 6.92 Å². The summed E-state index contributed by atoms with van der Waals surface area (Å²) in [5, 5.41) is 4.03. The summed E-state index contributed by atoms with van der Waals surface area (Å²) < 4.78 is 4.78. The van der Waals surface area contributed by atoms with E-state index in [4.69, 9.17) is 11.6 Å². The predicted octanol–water partition coefficient (Wildman–Crippen LogP) is 14.1. The van der Waals surface area contributed by atoms with Crippen LogP contribution in [0.3, 0.4) is 0 Å². The Labute approximate surface area is 337 Å². The molecule has 0 saturated heterocycles. The third-order valence-electron chi connectivity index (χ3n) is 11.4. The van der Waals surface area contributed by atoms with Crippen LogP contribution in [-0.2, 0) is 0 Å². The molecule has 1 aliphatic carbocycles. The predicted molar refractivity (Wildman–Crippen MR) is 240 cm³/mol. The van der Waals surface area contributed by atoms with E-state index in [9.17, 15) is 0 Å². The zero-order valence-electron chi connectivity index (χ0n) is 31.8. The van der Waals surface area contributed by atoms with E-state index in [1.807, 2.05) is 6.07 Å². The lowest BCUT2D eigenvalue weighted by molar-refractivity contribution is 0.829. The number of aryl methyl sites for hydroxylation is 1. The summed E-state index contributed by atoms with van der Waals surface area (Å²) in [7, 11) is 0. The third kappa shape index (κ3) is 6.19. The van der Waals surface area contributed by atoms with Crippen LogP contribution in [0.25, 0.3) is 83.8 Å². The fourth-order valence-electron chi connectivity index (χ4n) is 8.62. The van der Waals surface area contributed by atoms with Gasteiger partial charge in [0.15, 0.2) is 0 Å². The van der Waals surface area contributed by atoms with Gasteiger partial charge in [-0.3, -0.25) is 0 Å². The zero-order valence-corrected chi connectivity index (χ0v) is 32.5. The molecule has 57 heavy (non-hydrogen) atoms. The number of fused-ring (bicyclic) bond motifs is 4.